The van der Waals surface area contributed by atoms with E-state index in [9.17, 15) is 28.8 Å². The maximum absolute atomic E-state index is 14.0. The Morgan fingerprint density at radius 3 is 2.38 bits per heavy atom. The Bertz CT molecular complexity index is 2040. The number of aromatic nitrogens is 3. The molecule has 4 aromatic rings. The van der Waals surface area contributed by atoms with Crippen molar-refractivity contribution in [3.8, 4) is 0 Å². The molecule has 2 bridgehead atoms. The summed E-state index contributed by atoms with van der Waals surface area (Å²) in [6, 6.07) is 4.93. The van der Waals surface area contributed by atoms with Crippen molar-refractivity contribution in [2.45, 2.75) is 71.5 Å². The normalized spacial score (nSPS) is 20.1. The average molecular weight is 776 g/mol. The third-order valence-electron chi connectivity index (χ3n) is 9.33. The highest BCUT2D eigenvalue weighted by Crippen LogP contribution is 2.26. The van der Waals surface area contributed by atoms with Crippen LogP contribution in [0.5, 0.6) is 0 Å². The van der Waals surface area contributed by atoms with E-state index in [-0.39, 0.29) is 55.8 Å². The van der Waals surface area contributed by atoms with Gasteiger partial charge in [0, 0.05) is 62.0 Å². The number of fused-ring (bicyclic) bond motifs is 3. The summed E-state index contributed by atoms with van der Waals surface area (Å²) in [5.41, 5.74) is 1.78. The van der Waals surface area contributed by atoms with E-state index in [4.69, 9.17) is 4.42 Å². The number of benzene rings is 1. The van der Waals surface area contributed by atoms with Gasteiger partial charge in [0.25, 0.3) is 11.8 Å². The third-order valence-corrected chi connectivity index (χ3v) is 10.3. The molecule has 1 aliphatic heterocycles. The monoisotopic (exact) mass is 775 g/mol. The van der Waals surface area contributed by atoms with Crippen molar-refractivity contribution in [3.63, 3.8) is 0 Å². The van der Waals surface area contributed by atoms with E-state index in [1.54, 1.807) is 11.6 Å². The molecule has 0 spiro atoms. The second kappa shape index (κ2) is 17.7. The Morgan fingerprint density at radius 1 is 0.927 bits per heavy atom. The van der Waals surface area contributed by atoms with E-state index >= 15 is 0 Å². The molecule has 0 unspecified atom stereocenters. The van der Waals surface area contributed by atoms with Gasteiger partial charge in [-0.3, -0.25) is 28.8 Å². The van der Waals surface area contributed by atoms with E-state index in [0.717, 1.165) is 16.5 Å². The maximum Gasteiger partial charge on any atom is 0.276 e. The van der Waals surface area contributed by atoms with Crippen LogP contribution in [0.4, 0.5) is 0 Å². The fourth-order valence-electron chi connectivity index (χ4n) is 6.46. The standard InChI is InChI=1S/C38H49N9O7S/c1-21(2)14-27-35-44-29(19-55-35)34(50)43-28(15-24-16-39-26-11-9-8-10-25(24)26)37(52)46(7)17-30(48)41-23(5)36(51)45(6)12-13-47(18-31(49)42-27)38(53)32-33(22(3)4)54-20-40-32/h8-11,16,19-23,27-28,39H,12-15,17-18H2,1-7H3,(H,41,48)(H,42,49)(H,43,50)/t23-,27-,28+/m0/s1. The molecule has 1 aliphatic rings. The summed E-state index contributed by atoms with van der Waals surface area (Å²) in [4.78, 5) is 97.7. The van der Waals surface area contributed by atoms with Crippen molar-refractivity contribution in [3.05, 3.63) is 70.0 Å². The Balaban J connectivity index is 1.48. The van der Waals surface area contributed by atoms with Crippen LogP contribution >= 0.6 is 11.3 Å². The van der Waals surface area contributed by atoms with Crippen LogP contribution < -0.4 is 16.0 Å². The predicted octanol–water partition coefficient (Wildman–Crippen LogP) is 2.86. The molecule has 3 atom stereocenters. The SMILES string of the molecule is CC(C)C[C@@H]1NC(=O)CN(C(=O)c2ncoc2C(C)C)CCN(C)C(=O)[C@H](C)NC(=O)CN(C)C(=O)[C@@H](Cc2c[nH]c3ccccc23)NC(=O)c2csc1n2. The van der Waals surface area contributed by atoms with E-state index in [2.05, 4.69) is 30.9 Å². The van der Waals surface area contributed by atoms with Gasteiger partial charge in [-0.25, -0.2) is 9.97 Å². The van der Waals surface area contributed by atoms with Crippen molar-refractivity contribution < 1.29 is 33.2 Å². The summed E-state index contributed by atoms with van der Waals surface area (Å²) in [6.45, 7) is 8.45. The second-order valence-electron chi connectivity index (χ2n) is 14.6. The highest BCUT2D eigenvalue weighted by molar-refractivity contribution is 7.09. The van der Waals surface area contributed by atoms with Crippen molar-refractivity contribution in [1.29, 1.82) is 0 Å². The van der Waals surface area contributed by atoms with Crippen LogP contribution in [0.1, 0.15) is 90.3 Å². The summed E-state index contributed by atoms with van der Waals surface area (Å²) < 4.78 is 5.49. The lowest BCUT2D eigenvalue weighted by Crippen LogP contribution is -2.53. The van der Waals surface area contributed by atoms with Crippen LogP contribution in [0.3, 0.4) is 0 Å². The number of para-hydroxylation sites is 1. The Hall–Kier alpha value is -5.58. The molecular weight excluding hydrogens is 727 g/mol. The molecule has 6 amide bonds. The lowest BCUT2D eigenvalue weighted by molar-refractivity contribution is -0.138. The summed E-state index contributed by atoms with van der Waals surface area (Å²) in [5, 5.41) is 11.4. The van der Waals surface area contributed by atoms with Crippen molar-refractivity contribution in [1.82, 2.24) is 45.6 Å². The molecule has 0 saturated carbocycles. The fourth-order valence-corrected chi connectivity index (χ4v) is 7.32. The van der Waals surface area contributed by atoms with Crippen molar-refractivity contribution in [2.24, 2.45) is 5.92 Å². The molecule has 4 heterocycles. The molecule has 0 fully saturated rings. The molecular formula is C38H49N9O7S. The minimum atomic E-state index is -1.08. The first-order valence-corrected chi connectivity index (χ1v) is 19.1. The van der Waals surface area contributed by atoms with Gasteiger partial charge in [-0.15, -0.1) is 11.3 Å². The summed E-state index contributed by atoms with van der Waals surface area (Å²) >= 11 is 1.19. The van der Waals surface area contributed by atoms with Gasteiger partial charge in [-0.1, -0.05) is 45.9 Å². The van der Waals surface area contributed by atoms with Crippen molar-refractivity contribution in [2.75, 3.05) is 40.3 Å². The van der Waals surface area contributed by atoms with E-state index in [0.29, 0.717) is 17.2 Å². The van der Waals surface area contributed by atoms with Gasteiger partial charge in [0.05, 0.1) is 19.1 Å². The number of hydrogen-bond acceptors (Lipinski definition) is 10. The molecule has 17 heteroatoms. The van der Waals surface area contributed by atoms with Gasteiger partial charge >= 0.3 is 0 Å². The topological polar surface area (TPSA) is 203 Å². The van der Waals surface area contributed by atoms with Crippen molar-refractivity contribution >= 4 is 57.7 Å². The highest BCUT2D eigenvalue weighted by Gasteiger charge is 2.32. The van der Waals surface area contributed by atoms with Gasteiger partial charge in [0.15, 0.2) is 12.1 Å². The van der Waals surface area contributed by atoms with Crippen LogP contribution in [-0.2, 0) is 25.6 Å². The Kier molecular flexibility index (Phi) is 13.1. The first kappa shape index (κ1) is 40.6. The lowest BCUT2D eigenvalue weighted by atomic mass is 10.0. The smallest absolute Gasteiger partial charge is 0.276 e. The van der Waals surface area contributed by atoms with Crippen LogP contribution in [0.2, 0.25) is 0 Å². The number of aromatic amines is 1. The molecule has 1 aromatic carbocycles. The van der Waals surface area contributed by atoms with Gasteiger partial charge < -0.3 is 40.1 Å². The van der Waals surface area contributed by atoms with Crippen LogP contribution in [0, 0.1) is 5.92 Å². The quantitative estimate of drug-likeness (QED) is 0.227. The average Bonchev–Trinajstić information content (AvgIpc) is 3.92. The zero-order valence-electron chi connectivity index (χ0n) is 32.2. The zero-order chi connectivity index (χ0) is 40.0. The predicted molar refractivity (Wildman–Crippen MR) is 205 cm³/mol. The number of likely N-dealkylation sites (N-methyl/N-ethyl adjacent to an activating group) is 2. The number of amides is 6. The Labute approximate surface area is 323 Å². The van der Waals surface area contributed by atoms with E-state index in [1.165, 1.54) is 53.4 Å². The highest BCUT2D eigenvalue weighted by atomic mass is 32.1. The van der Waals surface area contributed by atoms with Crippen LogP contribution in [0.15, 0.2) is 46.7 Å². The summed E-state index contributed by atoms with van der Waals surface area (Å²) in [5.74, 6) is -2.86. The molecule has 294 valence electrons. The molecule has 0 radical (unpaired) electrons. The second-order valence-corrected chi connectivity index (χ2v) is 15.5. The maximum atomic E-state index is 14.0. The number of thiazole rings is 1. The number of H-pyrrole nitrogens is 1. The van der Waals surface area contributed by atoms with Gasteiger partial charge in [-0.2, -0.15) is 0 Å². The molecule has 4 N–H and O–H groups in total. The Morgan fingerprint density at radius 2 is 1.65 bits per heavy atom. The van der Waals surface area contributed by atoms with E-state index in [1.807, 2.05) is 52.0 Å². The minimum absolute atomic E-state index is 0.0277. The third kappa shape index (κ3) is 9.95. The lowest BCUT2D eigenvalue weighted by Gasteiger charge is -2.28. The number of rotatable bonds is 6. The largest absolute Gasteiger partial charge is 0.447 e. The first-order chi connectivity index (χ1) is 26.1. The molecule has 5 rings (SSSR count). The summed E-state index contributed by atoms with van der Waals surface area (Å²) in [7, 11) is 2.99. The van der Waals surface area contributed by atoms with Crippen LogP contribution in [-0.4, -0.2) is 117 Å². The van der Waals surface area contributed by atoms with Gasteiger partial charge in [0.2, 0.25) is 23.6 Å². The summed E-state index contributed by atoms with van der Waals surface area (Å²) in [6.07, 6.45) is 3.56. The number of hydrogen-bond donors (Lipinski definition) is 4. The zero-order valence-corrected chi connectivity index (χ0v) is 33.0. The molecule has 55 heavy (non-hydrogen) atoms. The first-order valence-electron chi connectivity index (χ1n) is 18.2. The number of nitrogens with one attached hydrogen (secondary N) is 4. The molecule has 16 nitrogen and oxygen atoms in total. The molecule has 0 saturated heterocycles. The van der Waals surface area contributed by atoms with Gasteiger partial charge in [-0.05, 0) is 30.9 Å². The van der Waals surface area contributed by atoms with Gasteiger partial charge in [0.1, 0.15) is 28.5 Å². The number of oxazole rings is 1. The fraction of sp³-hybridized carbons (Fsp3) is 0.474. The van der Waals surface area contributed by atoms with Crippen LogP contribution in [0.25, 0.3) is 10.9 Å². The number of carbonyl (C=O) groups excluding carboxylic acids is 6. The van der Waals surface area contributed by atoms with E-state index < -0.39 is 53.6 Å². The molecule has 0 aliphatic carbocycles. The number of nitrogens with zero attached hydrogens (tertiary/aromatic N) is 5. The number of carbonyl (C=O) groups is 6. The molecule has 3 aromatic heterocycles. The minimum Gasteiger partial charge on any atom is -0.447 e.